The summed E-state index contributed by atoms with van der Waals surface area (Å²) in [6.45, 7) is 2.81. The van der Waals surface area contributed by atoms with E-state index in [2.05, 4.69) is 41.3 Å². The lowest BCUT2D eigenvalue weighted by molar-refractivity contribution is 0.366. The van der Waals surface area contributed by atoms with Crippen molar-refractivity contribution in [3.8, 4) is 11.4 Å². The van der Waals surface area contributed by atoms with Crippen LogP contribution in [0.4, 0.5) is 0 Å². The molecule has 0 aliphatic carbocycles. The van der Waals surface area contributed by atoms with E-state index in [4.69, 9.17) is 10.3 Å². The molecule has 1 unspecified atom stereocenters. The van der Waals surface area contributed by atoms with Crippen LogP contribution in [0.15, 0.2) is 47.0 Å². The lowest BCUT2D eigenvalue weighted by atomic mass is 10.1. The molecule has 2 N–H and O–H groups in total. The van der Waals surface area contributed by atoms with Crippen LogP contribution in [0.2, 0.25) is 0 Å². The molecule has 3 rings (SSSR count). The van der Waals surface area contributed by atoms with Crippen LogP contribution >= 0.6 is 0 Å². The molecule has 1 aromatic heterocycles. The van der Waals surface area contributed by atoms with Gasteiger partial charge in [-0.1, -0.05) is 48.5 Å². The van der Waals surface area contributed by atoms with Gasteiger partial charge in [-0.15, -0.1) is 0 Å². The van der Waals surface area contributed by atoms with E-state index in [0.717, 1.165) is 18.4 Å². The number of hydrogen-bond donors (Lipinski definition) is 1. The predicted octanol–water partition coefficient (Wildman–Crippen LogP) is 3.42. The van der Waals surface area contributed by atoms with Crippen molar-refractivity contribution in [2.45, 2.75) is 19.8 Å². The van der Waals surface area contributed by atoms with Gasteiger partial charge in [-0.2, -0.15) is 4.98 Å². The summed E-state index contributed by atoms with van der Waals surface area (Å²) in [4.78, 5) is 4.47. The third-order valence-electron chi connectivity index (χ3n) is 3.73. The highest BCUT2D eigenvalue weighted by molar-refractivity contribution is 5.86. The topological polar surface area (TPSA) is 64.9 Å². The zero-order valence-corrected chi connectivity index (χ0v) is 12.1. The number of nitrogens with two attached hydrogens (primary N) is 1. The first-order valence-corrected chi connectivity index (χ1v) is 7.28. The predicted molar refractivity (Wildman–Crippen MR) is 83.8 cm³/mol. The molecule has 0 aliphatic rings. The number of nitrogens with zero attached hydrogens (tertiary/aromatic N) is 2. The summed E-state index contributed by atoms with van der Waals surface area (Å²) in [5.41, 5.74) is 6.60. The van der Waals surface area contributed by atoms with E-state index in [0.29, 0.717) is 24.2 Å². The van der Waals surface area contributed by atoms with Crippen LogP contribution < -0.4 is 5.73 Å². The average Bonchev–Trinajstić information content (AvgIpc) is 3.01. The third-order valence-corrected chi connectivity index (χ3v) is 3.73. The first-order valence-electron chi connectivity index (χ1n) is 7.28. The largest absolute Gasteiger partial charge is 0.339 e. The van der Waals surface area contributed by atoms with Gasteiger partial charge in [-0.25, -0.2) is 0 Å². The first-order chi connectivity index (χ1) is 10.3. The van der Waals surface area contributed by atoms with Crippen LogP contribution in [-0.2, 0) is 6.42 Å². The number of fused-ring (bicyclic) bond motifs is 1. The third kappa shape index (κ3) is 3.11. The smallest absolute Gasteiger partial charge is 0.226 e. The minimum atomic E-state index is 0.473. The Kier molecular flexibility index (Phi) is 3.97. The van der Waals surface area contributed by atoms with Crippen LogP contribution in [0.5, 0.6) is 0 Å². The highest BCUT2D eigenvalue weighted by atomic mass is 16.5. The SMILES string of the molecule is CC(CN)CCc1nc(-c2ccc3ccccc3c2)no1. The van der Waals surface area contributed by atoms with Crippen molar-refractivity contribution in [2.24, 2.45) is 11.7 Å². The number of aromatic nitrogens is 2. The van der Waals surface area contributed by atoms with E-state index in [1.165, 1.54) is 10.8 Å². The fourth-order valence-corrected chi connectivity index (χ4v) is 2.29. The monoisotopic (exact) mass is 281 g/mol. The molecule has 0 saturated carbocycles. The maximum Gasteiger partial charge on any atom is 0.226 e. The molecule has 0 fully saturated rings. The van der Waals surface area contributed by atoms with Crippen LogP contribution in [0.3, 0.4) is 0 Å². The normalized spacial score (nSPS) is 12.7. The molecule has 0 aliphatic heterocycles. The molecule has 0 saturated heterocycles. The van der Waals surface area contributed by atoms with Gasteiger partial charge in [0.2, 0.25) is 11.7 Å². The van der Waals surface area contributed by atoms with E-state index < -0.39 is 0 Å². The van der Waals surface area contributed by atoms with Gasteiger partial charge in [0.15, 0.2) is 0 Å². The Bertz CT molecular complexity index is 735. The lowest BCUT2D eigenvalue weighted by Crippen LogP contribution is -2.11. The van der Waals surface area contributed by atoms with Crippen LogP contribution in [0.25, 0.3) is 22.2 Å². The van der Waals surface area contributed by atoms with Crippen molar-refractivity contribution in [3.05, 3.63) is 48.4 Å². The zero-order chi connectivity index (χ0) is 14.7. The number of rotatable bonds is 5. The van der Waals surface area contributed by atoms with Crippen LogP contribution in [-0.4, -0.2) is 16.7 Å². The zero-order valence-electron chi connectivity index (χ0n) is 12.1. The summed E-state index contributed by atoms with van der Waals surface area (Å²) in [5, 5.41) is 6.47. The second-order valence-corrected chi connectivity index (χ2v) is 5.45. The van der Waals surface area contributed by atoms with E-state index in [1.54, 1.807) is 0 Å². The fourth-order valence-electron chi connectivity index (χ4n) is 2.29. The molecule has 4 heteroatoms. The van der Waals surface area contributed by atoms with Gasteiger partial charge in [0, 0.05) is 12.0 Å². The Balaban J connectivity index is 1.81. The summed E-state index contributed by atoms with van der Waals surface area (Å²) < 4.78 is 5.32. The minimum absolute atomic E-state index is 0.473. The Morgan fingerprint density at radius 3 is 2.76 bits per heavy atom. The van der Waals surface area contributed by atoms with Gasteiger partial charge in [0.25, 0.3) is 0 Å². The van der Waals surface area contributed by atoms with Crippen LogP contribution in [0.1, 0.15) is 19.2 Å². The van der Waals surface area contributed by atoms with Crippen LogP contribution in [0, 0.1) is 5.92 Å². The van der Waals surface area contributed by atoms with Gasteiger partial charge in [0.05, 0.1) is 0 Å². The second kappa shape index (κ2) is 6.06. The first kappa shape index (κ1) is 13.8. The maximum atomic E-state index is 5.62. The van der Waals surface area contributed by atoms with Crippen molar-refractivity contribution in [3.63, 3.8) is 0 Å². The molecule has 21 heavy (non-hydrogen) atoms. The summed E-state index contributed by atoms with van der Waals surface area (Å²) >= 11 is 0. The van der Waals surface area contributed by atoms with E-state index in [9.17, 15) is 0 Å². The second-order valence-electron chi connectivity index (χ2n) is 5.45. The summed E-state index contributed by atoms with van der Waals surface area (Å²) in [7, 11) is 0. The molecule has 4 nitrogen and oxygen atoms in total. The van der Waals surface area contributed by atoms with E-state index in [1.807, 2.05) is 18.2 Å². The highest BCUT2D eigenvalue weighted by Gasteiger charge is 2.10. The van der Waals surface area contributed by atoms with Crippen molar-refractivity contribution < 1.29 is 4.52 Å². The molecule has 1 atom stereocenters. The summed E-state index contributed by atoms with van der Waals surface area (Å²) in [6, 6.07) is 14.4. The molecule has 3 aromatic rings. The molecule has 0 radical (unpaired) electrons. The van der Waals surface area contributed by atoms with Crippen molar-refractivity contribution in [1.29, 1.82) is 0 Å². The number of benzene rings is 2. The van der Waals surface area contributed by atoms with Crippen molar-refractivity contribution >= 4 is 10.8 Å². The molecule has 2 aromatic carbocycles. The summed E-state index contributed by atoms with van der Waals surface area (Å²) in [6.07, 6.45) is 1.74. The minimum Gasteiger partial charge on any atom is -0.339 e. The quantitative estimate of drug-likeness (QED) is 0.778. The van der Waals surface area contributed by atoms with E-state index >= 15 is 0 Å². The van der Waals surface area contributed by atoms with Crippen molar-refractivity contribution in [2.75, 3.05) is 6.54 Å². The maximum absolute atomic E-state index is 5.62. The molecule has 1 heterocycles. The Morgan fingerprint density at radius 2 is 1.95 bits per heavy atom. The molecular weight excluding hydrogens is 262 g/mol. The molecular formula is C17H19N3O. The Morgan fingerprint density at radius 1 is 1.14 bits per heavy atom. The number of hydrogen-bond acceptors (Lipinski definition) is 4. The van der Waals surface area contributed by atoms with Gasteiger partial charge in [-0.05, 0) is 35.7 Å². The molecule has 0 amide bonds. The van der Waals surface area contributed by atoms with Gasteiger partial charge < -0.3 is 10.3 Å². The lowest BCUT2D eigenvalue weighted by Gasteiger charge is -2.04. The molecule has 0 spiro atoms. The average molecular weight is 281 g/mol. The molecule has 0 bridgehead atoms. The van der Waals surface area contributed by atoms with Gasteiger partial charge in [-0.3, -0.25) is 0 Å². The highest BCUT2D eigenvalue weighted by Crippen LogP contribution is 2.22. The Hall–Kier alpha value is -2.20. The summed E-state index contributed by atoms with van der Waals surface area (Å²) in [5.74, 6) is 1.80. The fraction of sp³-hybridized carbons (Fsp3) is 0.294. The van der Waals surface area contributed by atoms with E-state index in [-0.39, 0.29) is 0 Å². The van der Waals surface area contributed by atoms with Gasteiger partial charge in [0.1, 0.15) is 0 Å². The van der Waals surface area contributed by atoms with Gasteiger partial charge >= 0.3 is 0 Å². The number of aryl methyl sites for hydroxylation is 1. The molecule has 108 valence electrons. The Labute approximate surface area is 124 Å². The standard InChI is InChI=1S/C17H19N3O/c1-12(11-18)6-9-16-19-17(20-21-16)15-8-7-13-4-2-3-5-14(13)10-15/h2-5,7-8,10,12H,6,9,11,18H2,1H3. The van der Waals surface area contributed by atoms with Crippen molar-refractivity contribution in [1.82, 2.24) is 10.1 Å².